The summed E-state index contributed by atoms with van der Waals surface area (Å²) in [4.78, 5) is 31.0. The van der Waals surface area contributed by atoms with E-state index in [1.54, 1.807) is 30.5 Å². The van der Waals surface area contributed by atoms with E-state index in [1.165, 1.54) is 6.20 Å². The lowest BCUT2D eigenvalue weighted by Gasteiger charge is -2.10. The second kappa shape index (κ2) is 9.05. The fraction of sp³-hybridized carbons (Fsp3) is 0.227. The number of amides is 1. The van der Waals surface area contributed by atoms with E-state index < -0.39 is 6.09 Å². The van der Waals surface area contributed by atoms with Crippen molar-refractivity contribution in [3.8, 4) is 22.6 Å². The van der Waals surface area contributed by atoms with Gasteiger partial charge in [-0.1, -0.05) is 25.1 Å². The van der Waals surface area contributed by atoms with Crippen LogP contribution in [0.2, 0.25) is 0 Å². The van der Waals surface area contributed by atoms with Gasteiger partial charge >= 0.3 is 6.09 Å². The van der Waals surface area contributed by atoms with Crippen LogP contribution in [0.25, 0.3) is 11.1 Å². The van der Waals surface area contributed by atoms with Crippen molar-refractivity contribution in [2.24, 2.45) is 0 Å². The number of carbonyl (C=O) groups excluding carboxylic acids is 1. The summed E-state index contributed by atoms with van der Waals surface area (Å²) in [6, 6.07) is 10.5. The molecule has 0 aliphatic rings. The maximum atomic E-state index is 12.1. The summed E-state index contributed by atoms with van der Waals surface area (Å²) in [5.41, 5.74) is 3.62. The highest BCUT2D eigenvalue weighted by Gasteiger charge is 2.10. The molecule has 3 aromatic rings. The third-order valence-electron chi connectivity index (χ3n) is 4.59. The number of aromatic nitrogens is 2. The van der Waals surface area contributed by atoms with Gasteiger partial charge < -0.3 is 20.1 Å². The summed E-state index contributed by atoms with van der Waals surface area (Å²) in [7, 11) is 0. The largest absolute Gasteiger partial charge is 0.508 e. The highest BCUT2D eigenvalue weighted by molar-refractivity contribution is 5.72. The standard InChI is InChI=1S/C22H23N3O4/c1-3-15-11-19(14(2)25-21(15)27)17-10-18(13-23-12-17)29-22(28)24-9-8-16-6-4-5-7-20(16)26/h4-7,10-13,26H,3,8-9H2,1-2H3,(H,24,28)(H,25,27). The van der Waals surface area contributed by atoms with Gasteiger partial charge in [-0.15, -0.1) is 0 Å². The fourth-order valence-electron chi connectivity index (χ4n) is 3.01. The van der Waals surface area contributed by atoms with Crippen molar-refractivity contribution >= 4 is 6.09 Å². The average molecular weight is 393 g/mol. The van der Waals surface area contributed by atoms with Crippen LogP contribution >= 0.6 is 0 Å². The van der Waals surface area contributed by atoms with Crippen LogP contribution in [0.3, 0.4) is 0 Å². The van der Waals surface area contributed by atoms with Crippen LogP contribution in [0.15, 0.2) is 53.6 Å². The van der Waals surface area contributed by atoms with Gasteiger partial charge in [0.2, 0.25) is 0 Å². The number of hydrogen-bond donors (Lipinski definition) is 3. The first-order valence-electron chi connectivity index (χ1n) is 9.38. The van der Waals surface area contributed by atoms with Crippen LogP contribution in [0.4, 0.5) is 4.79 Å². The number of ether oxygens (including phenoxy) is 1. The summed E-state index contributed by atoms with van der Waals surface area (Å²) < 4.78 is 5.32. The van der Waals surface area contributed by atoms with Crippen LogP contribution in [-0.4, -0.2) is 27.7 Å². The zero-order chi connectivity index (χ0) is 20.8. The number of para-hydroxylation sites is 1. The molecule has 7 nitrogen and oxygen atoms in total. The summed E-state index contributed by atoms with van der Waals surface area (Å²) in [5.74, 6) is 0.494. The Morgan fingerprint density at radius 3 is 2.76 bits per heavy atom. The minimum atomic E-state index is -0.605. The lowest BCUT2D eigenvalue weighted by Crippen LogP contribution is -2.28. The highest BCUT2D eigenvalue weighted by Crippen LogP contribution is 2.25. The second-order valence-corrected chi connectivity index (χ2v) is 6.62. The Labute approximate surface area is 168 Å². The Morgan fingerprint density at radius 2 is 2.00 bits per heavy atom. The quantitative estimate of drug-likeness (QED) is 0.596. The van der Waals surface area contributed by atoms with E-state index in [0.717, 1.165) is 22.4 Å². The van der Waals surface area contributed by atoms with Crippen molar-refractivity contribution < 1.29 is 14.6 Å². The minimum absolute atomic E-state index is 0.0991. The molecule has 29 heavy (non-hydrogen) atoms. The molecule has 0 aliphatic carbocycles. The highest BCUT2D eigenvalue weighted by atomic mass is 16.6. The summed E-state index contributed by atoms with van der Waals surface area (Å²) in [5, 5.41) is 12.4. The van der Waals surface area contributed by atoms with Crippen LogP contribution in [0.1, 0.15) is 23.7 Å². The molecular formula is C22H23N3O4. The third kappa shape index (κ3) is 5.01. The monoisotopic (exact) mass is 393 g/mol. The minimum Gasteiger partial charge on any atom is -0.508 e. The number of rotatable bonds is 6. The van der Waals surface area contributed by atoms with Crippen LogP contribution in [0.5, 0.6) is 11.5 Å². The maximum absolute atomic E-state index is 12.1. The van der Waals surface area contributed by atoms with Gasteiger partial charge in [-0.3, -0.25) is 9.78 Å². The van der Waals surface area contributed by atoms with Gasteiger partial charge in [0, 0.05) is 35.1 Å². The molecular weight excluding hydrogens is 370 g/mol. The molecule has 7 heteroatoms. The van der Waals surface area contributed by atoms with E-state index >= 15 is 0 Å². The number of nitrogens with zero attached hydrogens (tertiary/aromatic N) is 1. The van der Waals surface area contributed by atoms with Crippen molar-refractivity contribution in [1.82, 2.24) is 15.3 Å². The molecule has 3 rings (SSSR count). The topological polar surface area (TPSA) is 104 Å². The Kier molecular flexibility index (Phi) is 6.29. The number of pyridine rings is 2. The fourth-order valence-corrected chi connectivity index (χ4v) is 3.01. The van der Waals surface area contributed by atoms with E-state index in [4.69, 9.17) is 4.74 Å². The van der Waals surface area contributed by atoms with Gasteiger partial charge in [0.05, 0.1) is 6.20 Å². The number of hydrogen-bond acceptors (Lipinski definition) is 5. The van der Waals surface area contributed by atoms with Gasteiger partial charge in [-0.05, 0) is 43.5 Å². The SMILES string of the molecule is CCc1cc(-c2cncc(OC(=O)NCCc3ccccc3O)c2)c(C)[nH]c1=O. The van der Waals surface area contributed by atoms with Gasteiger partial charge in [0.1, 0.15) is 5.75 Å². The second-order valence-electron chi connectivity index (χ2n) is 6.62. The number of aromatic amines is 1. The maximum Gasteiger partial charge on any atom is 0.412 e. The molecule has 0 unspecified atom stereocenters. The Bertz CT molecular complexity index is 1080. The number of carbonyl (C=O) groups is 1. The van der Waals surface area contributed by atoms with E-state index in [1.807, 2.05) is 26.0 Å². The lowest BCUT2D eigenvalue weighted by molar-refractivity contribution is 0.200. The lowest BCUT2D eigenvalue weighted by atomic mass is 10.0. The molecule has 0 radical (unpaired) electrons. The summed E-state index contributed by atoms with van der Waals surface area (Å²) in [6.07, 6.45) is 3.60. The molecule has 2 heterocycles. The smallest absolute Gasteiger partial charge is 0.412 e. The molecule has 3 N–H and O–H groups in total. The first kappa shape index (κ1) is 20.1. The Balaban J connectivity index is 1.66. The molecule has 0 saturated heterocycles. The van der Waals surface area contributed by atoms with Crippen molar-refractivity contribution in [2.45, 2.75) is 26.7 Å². The molecule has 1 aromatic carbocycles. The average Bonchev–Trinajstić information content (AvgIpc) is 2.70. The zero-order valence-electron chi connectivity index (χ0n) is 16.4. The number of benzene rings is 1. The predicted molar refractivity (Wildman–Crippen MR) is 110 cm³/mol. The van der Waals surface area contributed by atoms with E-state index in [2.05, 4.69) is 15.3 Å². The van der Waals surface area contributed by atoms with Crippen molar-refractivity contribution in [2.75, 3.05) is 6.54 Å². The Morgan fingerprint density at radius 1 is 1.21 bits per heavy atom. The number of phenolic OH excluding ortho intramolecular Hbond substituents is 1. The van der Waals surface area contributed by atoms with Gasteiger partial charge in [0.25, 0.3) is 5.56 Å². The summed E-state index contributed by atoms with van der Waals surface area (Å²) in [6.45, 7) is 4.05. The first-order chi connectivity index (χ1) is 14.0. The number of aryl methyl sites for hydroxylation is 2. The van der Waals surface area contributed by atoms with Crippen molar-refractivity contribution in [3.05, 3.63) is 76.0 Å². The molecule has 0 bridgehead atoms. The molecule has 2 aromatic heterocycles. The number of aromatic hydroxyl groups is 1. The molecule has 0 saturated carbocycles. The first-order valence-corrected chi connectivity index (χ1v) is 9.38. The van der Waals surface area contributed by atoms with Crippen molar-refractivity contribution in [3.63, 3.8) is 0 Å². The molecule has 0 fully saturated rings. The van der Waals surface area contributed by atoms with E-state index in [-0.39, 0.29) is 11.3 Å². The normalized spacial score (nSPS) is 10.6. The van der Waals surface area contributed by atoms with Crippen molar-refractivity contribution in [1.29, 1.82) is 0 Å². The third-order valence-corrected chi connectivity index (χ3v) is 4.59. The zero-order valence-corrected chi connectivity index (χ0v) is 16.4. The molecule has 0 spiro atoms. The predicted octanol–water partition coefficient (Wildman–Crippen LogP) is 3.34. The van der Waals surface area contributed by atoms with Crippen LogP contribution < -0.4 is 15.6 Å². The Hall–Kier alpha value is -3.61. The molecule has 0 aliphatic heterocycles. The number of H-pyrrole nitrogens is 1. The van der Waals surface area contributed by atoms with Gasteiger partial charge in [0.15, 0.2) is 5.75 Å². The number of nitrogens with one attached hydrogen (secondary N) is 2. The van der Waals surface area contributed by atoms with Crippen LogP contribution in [0, 0.1) is 6.92 Å². The van der Waals surface area contributed by atoms with E-state index in [0.29, 0.717) is 30.7 Å². The van der Waals surface area contributed by atoms with Gasteiger partial charge in [-0.2, -0.15) is 0 Å². The molecule has 0 atom stereocenters. The van der Waals surface area contributed by atoms with Crippen LogP contribution in [-0.2, 0) is 12.8 Å². The molecule has 1 amide bonds. The summed E-state index contributed by atoms with van der Waals surface area (Å²) >= 11 is 0. The van der Waals surface area contributed by atoms with E-state index in [9.17, 15) is 14.7 Å². The molecule has 150 valence electrons. The van der Waals surface area contributed by atoms with Gasteiger partial charge in [-0.25, -0.2) is 4.79 Å². The number of phenols is 1.